The van der Waals surface area contributed by atoms with Gasteiger partial charge in [-0.15, -0.1) is 0 Å². The van der Waals surface area contributed by atoms with Crippen LogP contribution in [0.3, 0.4) is 0 Å². The Kier molecular flexibility index (Phi) is 5.63. The molecule has 0 N–H and O–H groups in total. The molecule has 5 rings (SSSR count). The number of non-ortho nitro benzene ring substituents is 1. The van der Waals surface area contributed by atoms with Crippen LogP contribution in [0.4, 0.5) is 17.5 Å². The maximum Gasteiger partial charge on any atom is 0.269 e. The molecular weight excluding hydrogens is 408 g/mol. The average molecular weight is 437 g/mol. The third-order valence-electron chi connectivity index (χ3n) is 6.68. The second-order valence-corrected chi connectivity index (χ2v) is 8.80. The summed E-state index contributed by atoms with van der Waals surface area (Å²) in [6, 6.07) is 5.84. The lowest BCUT2D eigenvalue weighted by Gasteiger charge is -2.35. The van der Waals surface area contributed by atoms with Crippen LogP contribution in [0, 0.1) is 10.1 Å². The molecule has 0 atom stereocenters. The Morgan fingerprint density at radius 3 is 2.22 bits per heavy atom. The lowest BCUT2D eigenvalue weighted by atomic mass is 10.0. The summed E-state index contributed by atoms with van der Waals surface area (Å²) >= 11 is 0. The van der Waals surface area contributed by atoms with Crippen molar-refractivity contribution >= 4 is 23.4 Å². The molecule has 1 amide bonds. The predicted octanol–water partition coefficient (Wildman–Crippen LogP) is 3.17. The van der Waals surface area contributed by atoms with Crippen molar-refractivity contribution in [1.29, 1.82) is 0 Å². The van der Waals surface area contributed by atoms with E-state index in [1.165, 1.54) is 43.5 Å². The van der Waals surface area contributed by atoms with Crippen LogP contribution in [0.15, 0.2) is 24.3 Å². The molecule has 3 aliphatic heterocycles. The number of rotatable bonds is 4. The van der Waals surface area contributed by atoms with Crippen LogP contribution < -0.4 is 9.80 Å². The number of nitro groups is 1. The zero-order valence-electron chi connectivity index (χ0n) is 18.2. The van der Waals surface area contributed by atoms with Gasteiger partial charge < -0.3 is 14.7 Å². The summed E-state index contributed by atoms with van der Waals surface area (Å²) in [4.78, 5) is 40.0. The van der Waals surface area contributed by atoms with Gasteiger partial charge in [-0.05, 0) is 44.2 Å². The standard InChI is InChI=1S/C23H28N6O3/c30-22(17-6-8-18(9-7-17)29(31)32)28-15-10-20-19(16-28)21(26-11-2-1-3-12-26)25-23(24-20)27-13-4-5-14-27/h6-9H,1-5,10-16H2. The first-order valence-corrected chi connectivity index (χ1v) is 11.5. The molecule has 1 aromatic heterocycles. The van der Waals surface area contributed by atoms with E-state index in [9.17, 15) is 14.9 Å². The molecule has 32 heavy (non-hydrogen) atoms. The Bertz CT molecular complexity index is 1010. The number of piperidine rings is 1. The molecular formula is C23H28N6O3. The normalized spacial score (nSPS) is 18.6. The summed E-state index contributed by atoms with van der Waals surface area (Å²) in [5.74, 6) is 1.70. The molecule has 2 aromatic rings. The van der Waals surface area contributed by atoms with E-state index in [1.54, 1.807) is 0 Å². The van der Waals surface area contributed by atoms with Crippen molar-refractivity contribution in [2.24, 2.45) is 0 Å². The van der Waals surface area contributed by atoms with Gasteiger partial charge in [0.2, 0.25) is 5.95 Å². The van der Waals surface area contributed by atoms with Crippen molar-refractivity contribution in [1.82, 2.24) is 14.9 Å². The number of benzene rings is 1. The van der Waals surface area contributed by atoms with Gasteiger partial charge in [-0.3, -0.25) is 14.9 Å². The van der Waals surface area contributed by atoms with E-state index in [1.807, 2.05) is 4.90 Å². The van der Waals surface area contributed by atoms with Crippen LogP contribution in [0.2, 0.25) is 0 Å². The summed E-state index contributed by atoms with van der Waals surface area (Å²) in [6.45, 7) is 5.03. The molecule has 0 saturated carbocycles. The second kappa shape index (κ2) is 8.72. The van der Waals surface area contributed by atoms with Crippen LogP contribution in [0.25, 0.3) is 0 Å². The zero-order chi connectivity index (χ0) is 22.1. The Hall–Kier alpha value is -3.23. The fraction of sp³-hybridized carbons (Fsp3) is 0.522. The van der Waals surface area contributed by atoms with Crippen molar-refractivity contribution in [3.8, 4) is 0 Å². The maximum atomic E-state index is 13.1. The number of anilines is 2. The first-order chi connectivity index (χ1) is 15.6. The molecule has 0 bridgehead atoms. The quantitative estimate of drug-likeness (QED) is 0.536. The number of carbonyl (C=O) groups excluding carboxylic acids is 1. The molecule has 168 valence electrons. The minimum absolute atomic E-state index is 0.0132. The van der Waals surface area contributed by atoms with Crippen LogP contribution in [-0.4, -0.2) is 58.4 Å². The van der Waals surface area contributed by atoms with E-state index in [2.05, 4.69) is 9.80 Å². The summed E-state index contributed by atoms with van der Waals surface area (Å²) in [5, 5.41) is 10.9. The van der Waals surface area contributed by atoms with Gasteiger partial charge in [-0.1, -0.05) is 0 Å². The number of hydrogen-bond donors (Lipinski definition) is 0. The molecule has 1 aromatic carbocycles. The van der Waals surface area contributed by atoms with Crippen LogP contribution >= 0.6 is 0 Å². The number of nitrogens with zero attached hydrogens (tertiary/aromatic N) is 6. The fourth-order valence-electron chi connectivity index (χ4n) is 4.89. The lowest BCUT2D eigenvalue weighted by molar-refractivity contribution is -0.384. The van der Waals surface area contributed by atoms with E-state index in [4.69, 9.17) is 9.97 Å². The molecule has 9 nitrogen and oxygen atoms in total. The van der Waals surface area contributed by atoms with E-state index < -0.39 is 4.92 Å². The van der Waals surface area contributed by atoms with Gasteiger partial charge in [0.05, 0.1) is 17.2 Å². The second-order valence-electron chi connectivity index (χ2n) is 8.80. The Morgan fingerprint density at radius 1 is 0.875 bits per heavy atom. The fourth-order valence-corrected chi connectivity index (χ4v) is 4.89. The number of carbonyl (C=O) groups is 1. The molecule has 0 aliphatic carbocycles. The zero-order valence-corrected chi connectivity index (χ0v) is 18.2. The number of aromatic nitrogens is 2. The first-order valence-electron chi connectivity index (χ1n) is 11.5. The highest BCUT2D eigenvalue weighted by molar-refractivity contribution is 5.94. The minimum atomic E-state index is -0.453. The lowest BCUT2D eigenvalue weighted by Crippen LogP contribution is -2.39. The van der Waals surface area contributed by atoms with Crippen LogP contribution in [0.5, 0.6) is 0 Å². The van der Waals surface area contributed by atoms with Crippen molar-refractivity contribution in [2.45, 2.75) is 45.1 Å². The third kappa shape index (κ3) is 3.99. The largest absolute Gasteiger partial charge is 0.356 e. The number of amides is 1. The monoisotopic (exact) mass is 436 g/mol. The van der Waals surface area contributed by atoms with E-state index >= 15 is 0 Å². The Balaban J connectivity index is 1.44. The molecule has 0 radical (unpaired) electrons. The SMILES string of the molecule is O=C(c1ccc([N+](=O)[O-])cc1)N1CCc2nc(N3CCCC3)nc(N3CCCCC3)c2C1. The van der Waals surface area contributed by atoms with Gasteiger partial charge in [-0.2, -0.15) is 4.98 Å². The van der Waals surface area contributed by atoms with Gasteiger partial charge >= 0.3 is 0 Å². The third-order valence-corrected chi connectivity index (χ3v) is 6.68. The number of hydrogen-bond acceptors (Lipinski definition) is 7. The van der Waals surface area contributed by atoms with Crippen molar-refractivity contribution in [3.05, 3.63) is 51.2 Å². The topological polar surface area (TPSA) is 95.7 Å². The van der Waals surface area contributed by atoms with Crippen molar-refractivity contribution in [3.63, 3.8) is 0 Å². The van der Waals surface area contributed by atoms with E-state index in [0.29, 0.717) is 25.1 Å². The Labute approximate surface area is 187 Å². The summed E-state index contributed by atoms with van der Waals surface area (Å²) in [6.07, 6.45) is 6.60. The minimum Gasteiger partial charge on any atom is -0.356 e. The molecule has 9 heteroatoms. The molecule has 3 aliphatic rings. The van der Waals surface area contributed by atoms with Gasteiger partial charge in [0, 0.05) is 62.4 Å². The van der Waals surface area contributed by atoms with Crippen LogP contribution in [0.1, 0.15) is 53.7 Å². The van der Waals surface area contributed by atoms with Crippen LogP contribution in [-0.2, 0) is 13.0 Å². The van der Waals surface area contributed by atoms with E-state index in [0.717, 1.165) is 62.0 Å². The smallest absolute Gasteiger partial charge is 0.269 e. The van der Waals surface area contributed by atoms with E-state index in [-0.39, 0.29) is 11.6 Å². The predicted molar refractivity (Wildman–Crippen MR) is 121 cm³/mol. The highest BCUT2D eigenvalue weighted by atomic mass is 16.6. The molecule has 2 saturated heterocycles. The Morgan fingerprint density at radius 2 is 1.53 bits per heavy atom. The van der Waals surface area contributed by atoms with Crippen molar-refractivity contribution < 1.29 is 9.72 Å². The summed E-state index contributed by atoms with van der Waals surface area (Å²) in [5.41, 5.74) is 2.56. The molecule has 2 fully saturated rings. The summed E-state index contributed by atoms with van der Waals surface area (Å²) < 4.78 is 0. The maximum absolute atomic E-state index is 13.1. The summed E-state index contributed by atoms with van der Waals surface area (Å²) in [7, 11) is 0. The van der Waals surface area contributed by atoms with Gasteiger partial charge in [0.15, 0.2) is 0 Å². The molecule has 4 heterocycles. The number of nitro benzene ring substituents is 1. The highest BCUT2D eigenvalue weighted by Gasteiger charge is 2.30. The molecule has 0 unspecified atom stereocenters. The molecule has 0 spiro atoms. The highest BCUT2D eigenvalue weighted by Crippen LogP contribution is 2.32. The van der Waals surface area contributed by atoms with Gasteiger partial charge in [0.25, 0.3) is 11.6 Å². The average Bonchev–Trinajstić information content (AvgIpc) is 3.38. The van der Waals surface area contributed by atoms with Gasteiger partial charge in [0.1, 0.15) is 5.82 Å². The number of fused-ring (bicyclic) bond motifs is 1. The van der Waals surface area contributed by atoms with Gasteiger partial charge in [-0.25, -0.2) is 4.98 Å². The first kappa shape index (κ1) is 20.7. The van der Waals surface area contributed by atoms with Crippen molar-refractivity contribution in [2.75, 3.05) is 42.5 Å².